The van der Waals surface area contributed by atoms with Gasteiger partial charge in [-0.25, -0.2) is 9.37 Å². The first-order valence-corrected chi connectivity index (χ1v) is 12.0. The van der Waals surface area contributed by atoms with Crippen LogP contribution in [0.2, 0.25) is 0 Å². The van der Waals surface area contributed by atoms with Gasteiger partial charge in [0.2, 0.25) is 5.88 Å². The molecule has 3 heterocycles. The number of aromatic nitrogens is 4. The van der Waals surface area contributed by atoms with E-state index in [0.717, 1.165) is 34.8 Å². The van der Waals surface area contributed by atoms with Gasteiger partial charge in [0.1, 0.15) is 0 Å². The Morgan fingerprint density at radius 2 is 1.89 bits per heavy atom. The van der Waals surface area contributed by atoms with Crippen molar-refractivity contribution in [1.29, 1.82) is 0 Å². The van der Waals surface area contributed by atoms with Crippen LogP contribution < -0.4 is 15.4 Å². The highest BCUT2D eigenvalue weighted by Gasteiger charge is 2.20. The molecule has 1 amide bonds. The number of hydrogen-bond donors (Lipinski definition) is 3. The molecule has 6 rings (SSSR count). The maximum absolute atomic E-state index is 13.8. The van der Waals surface area contributed by atoms with E-state index in [-0.39, 0.29) is 23.2 Å². The first-order chi connectivity index (χ1) is 18.1. The molecule has 2 aromatic carbocycles. The van der Waals surface area contributed by atoms with E-state index in [1.54, 1.807) is 30.5 Å². The van der Waals surface area contributed by atoms with Crippen LogP contribution in [0.25, 0.3) is 22.0 Å². The number of nitrogens with one attached hydrogen (secondary N) is 3. The molecule has 1 aliphatic carbocycles. The topological polar surface area (TPSA) is 105 Å². The van der Waals surface area contributed by atoms with Gasteiger partial charge in [-0.1, -0.05) is 18.2 Å². The molecule has 0 bridgehead atoms. The molecule has 3 N–H and O–H groups in total. The van der Waals surface area contributed by atoms with Gasteiger partial charge in [-0.15, -0.1) is 0 Å². The number of H-pyrrole nitrogens is 1. The molecule has 0 saturated heterocycles. The summed E-state index contributed by atoms with van der Waals surface area (Å²) in [6.45, 7) is 0.960. The summed E-state index contributed by atoms with van der Waals surface area (Å²) in [5, 5.41) is 14.1. The van der Waals surface area contributed by atoms with Gasteiger partial charge < -0.3 is 15.4 Å². The Labute approximate surface area is 211 Å². The van der Waals surface area contributed by atoms with Crippen LogP contribution in [0.15, 0.2) is 79.3 Å². The Morgan fingerprint density at radius 3 is 2.70 bits per heavy atom. The van der Waals surface area contributed by atoms with Crippen molar-refractivity contribution in [1.82, 2.24) is 20.2 Å². The van der Waals surface area contributed by atoms with E-state index in [1.165, 1.54) is 31.2 Å². The van der Waals surface area contributed by atoms with Crippen molar-refractivity contribution < 1.29 is 13.9 Å². The molecule has 0 atom stereocenters. The Balaban J connectivity index is 1.18. The first kappa shape index (κ1) is 22.7. The number of ether oxygens (including phenoxy) is 1. The minimum atomic E-state index is -0.483. The van der Waals surface area contributed by atoms with Gasteiger partial charge in [0.25, 0.3) is 5.91 Å². The molecule has 0 unspecified atom stereocenters. The van der Waals surface area contributed by atoms with Crippen molar-refractivity contribution >= 4 is 28.2 Å². The molecule has 1 saturated carbocycles. The summed E-state index contributed by atoms with van der Waals surface area (Å²) in [5.74, 6) is 0.178. The van der Waals surface area contributed by atoms with E-state index < -0.39 is 5.82 Å². The monoisotopic (exact) mass is 494 g/mol. The average Bonchev–Trinajstić information content (AvgIpc) is 3.66. The van der Waals surface area contributed by atoms with E-state index in [4.69, 9.17) is 4.74 Å². The number of anilines is 2. The fraction of sp³-hybridized carbons (Fsp3) is 0.143. The third-order valence-electron chi connectivity index (χ3n) is 6.19. The van der Waals surface area contributed by atoms with Crippen LogP contribution in [-0.2, 0) is 0 Å². The molecule has 37 heavy (non-hydrogen) atoms. The minimum absolute atomic E-state index is 0.0741. The predicted molar refractivity (Wildman–Crippen MR) is 139 cm³/mol. The molecule has 1 aliphatic rings. The number of nitrogens with zero attached hydrogens (tertiary/aromatic N) is 3. The Hall–Kier alpha value is -4.79. The number of aromatic amines is 1. The first-order valence-electron chi connectivity index (χ1n) is 12.0. The number of carbonyl (C=O) groups excluding carboxylic acids is 1. The SMILES string of the molecule is O=C(Nc1ccc(Oc2ccccc2F)nc1)c1n[nH]c2ccc(-c3cncc(NCC4CC4)c3)cc12. The van der Waals surface area contributed by atoms with Crippen LogP contribution in [0.4, 0.5) is 15.8 Å². The summed E-state index contributed by atoms with van der Waals surface area (Å²) >= 11 is 0. The van der Waals surface area contributed by atoms with Gasteiger partial charge in [0.15, 0.2) is 17.3 Å². The van der Waals surface area contributed by atoms with Crippen LogP contribution in [0.3, 0.4) is 0 Å². The summed E-state index contributed by atoms with van der Waals surface area (Å²) in [7, 11) is 0. The lowest BCUT2D eigenvalue weighted by Gasteiger charge is -2.08. The zero-order valence-electron chi connectivity index (χ0n) is 19.7. The molecule has 1 fully saturated rings. The minimum Gasteiger partial charge on any atom is -0.436 e. The lowest BCUT2D eigenvalue weighted by atomic mass is 10.0. The van der Waals surface area contributed by atoms with E-state index in [1.807, 2.05) is 24.4 Å². The number of halogens is 1. The van der Waals surface area contributed by atoms with Gasteiger partial charge in [-0.05, 0) is 60.7 Å². The predicted octanol–water partition coefficient (Wildman–Crippen LogP) is 6.03. The number of pyridine rings is 2. The van der Waals surface area contributed by atoms with E-state index in [9.17, 15) is 9.18 Å². The molecular weight excluding hydrogens is 471 g/mol. The Kier molecular flexibility index (Phi) is 5.94. The molecule has 8 nitrogen and oxygen atoms in total. The van der Waals surface area contributed by atoms with Crippen LogP contribution in [0.5, 0.6) is 11.6 Å². The summed E-state index contributed by atoms with van der Waals surface area (Å²) in [4.78, 5) is 21.6. The van der Waals surface area contributed by atoms with Gasteiger partial charge in [0.05, 0.1) is 23.1 Å². The van der Waals surface area contributed by atoms with E-state index >= 15 is 0 Å². The second kappa shape index (κ2) is 9.69. The second-order valence-corrected chi connectivity index (χ2v) is 8.99. The van der Waals surface area contributed by atoms with Gasteiger partial charge in [0, 0.05) is 36.0 Å². The number of rotatable bonds is 8. The zero-order chi connectivity index (χ0) is 25.2. The molecule has 184 valence electrons. The second-order valence-electron chi connectivity index (χ2n) is 8.99. The highest BCUT2D eigenvalue weighted by Crippen LogP contribution is 2.30. The maximum Gasteiger partial charge on any atom is 0.276 e. The van der Waals surface area contributed by atoms with Crippen LogP contribution in [0.1, 0.15) is 23.3 Å². The number of amides is 1. The van der Waals surface area contributed by atoms with Crippen molar-refractivity contribution in [3.63, 3.8) is 0 Å². The van der Waals surface area contributed by atoms with Crippen LogP contribution in [0, 0.1) is 11.7 Å². The highest BCUT2D eigenvalue weighted by atomic mass is 19.1. The number of fused-ring (bicyclic) bond motifs is 1. The Morgan fingerprint density at radius 1 is 1.00 bits per heavy atom. The number of benzene rings is 2. The third-order valence-corrected chi connectivity index (χ3v) is 6.19. The molecule has 3 aromatic heterocycles. The van der Waals surface area contributed by atoms with Gasteiger partial charge in [-0.2, -0.15) is 5.10 Å². The molecule has 0 aliphatic heterocycles. The quantitative estimate of drug-likeness (QED) is 0.243. The van der Waals surface area contributed by atoms with E-state index in [0.29, 0.717) is 11.1 Å². The van der Waals surface area contributed by atoms with Gasteiger partial charge in [-0.3, -0.25) is 14.9 Å². The van der Waals surface area contributed by atoms with Crippen molar-refractivity contribution in [2.45, 2.75) is 12.8 Å². The van der Waals surface area contributed by atoms with Gasteiger partial charge >= 0.3 is 0 Å². The van der Waals surface area contributed by atoms with Crippen molar-refractivity contribution in [3.8, 4) is 22.8 Å². The largest absolute Gasteiger partial charge is 0.436 e. The molecule has 0 spiro atoms. The smallest absolute Gasteiger partial charge is 0.276 e. The molecular formula is C28H23FN6O2. The lowest BCUT2D eigenvalue weighted by Crippen LogP contribution is -2.13. The fourth-order valence-electron chi connectivity index (χ4n) is 3.99. The van der Waals surface area contributed by atoms with Crippen molar-refractivity contribution in [2.75, 3.05) is 17.2 Å². The number of para-hydroxylation sites is 1. The molecule has 9 heteroatoms. The maximum atomic E-state index is 13.8. The lowest BCUT2D eigenvalue weighted by molar-refractivity contribution is 0.102. The van der Waals surface area contributed by atoms with Crippen molar-refractivity contribution in [2.24, 2.45) is 5.92 Å². The number of hydrogen-bond acceptors (Lipinski definition) is 6. The normalized spacial score (nSPS) is 12.9. The highest BCUT2D eigenvalue weighted by molar-refractivity contribution is 6.11. The number of carbonyl (C=O) groups is 1. The summed E-state index contributed by atoms with van der Waals surface area (Å²) in [5.41, 5.74) is 4.32. The van der Waals surface area contributed by atoms with Crippen molar-refractivity contribution in [3.05, 3.63) is 90.8 Å². The fourth-order valence-corrected chi connectivity index (χ4v) is 3.99. The molecule has 5 aromatic rings. The standard InChI is InChI=1S/C28H23FN6O2/c29-23-3-1-2-4-25(23)37-26-10-8-20(16-32-26)33-28(36)27-22-12-18(7-9-24(22)34-35-27)19-11-21(15-30-14-19)31-13-17-5-6-17/h1-4,7-12,14-17,31H,5-6,13H2,(H,33,36)(H,34,35). The van der Waals surface area contributed by atoms with Crippen LogP contribution >= 0.6 is 0 Å². The summed E-state index contributed by atoms with van der Waals surface area (Å²) in [6.07, 6.45) is 7.63. The zero-order valence-corrected chi connectivity index (χ0v) is 19.7. The Bertz CT molecular complexity index is 1580. The molecule has 0 radical (unpaired) electrons. The average molecular weight is 495 g/mol. The summed E-state index contributed by atoms with van der Waals surface area (Å²) in [6, 6.07) is 17.1. The van der Waals surface area contributed by atoms with E-state index in [2.05, 4.69) is 36.9 Å². The van der Waals surface area contributed by atoms with Crippen LogP contribution in [-0.4, -0.2) is 32.6 Å². The third kappa shape index (κ3) is 5.11. The summed E-state index contributed by atoms with van der Waals surface area (Å²) < 4.78 is 19.3.